The van der Waals surface area contributed by atoms with Gasteiger partial charge in [-0.3, -0.25) is 4.79 Å². The maximum atomic E-state index is 10.8. The van der Waals surface area contributed by atoms with E-state index in [1.807, 2.05) is 6.92 Å². The first-order valence-electron chi connectivity index (χ1n) is 4.70. The average Bonchev–Trinajstić information content (AvgIpc) is 2.05. The first kappa shape index (κ1) is 9.12. The lowest BCUT2D eigenvalue weighted by molar-refractivity contribution is -0.145. The monoisotopic (exact) mass is 192 g/mol. The van der Waals surface area contributed by atoms with E-state index in [0.717, 1.165) is 18.4 Å². The molecule has 0 aliphatic heterocycles. The van der Waals surface area contributed by atoms with Crippen molar-refractivity contribution in [1.29, 1.82) is 0 Å². The highest BCUT2D eigenvalue weighted by molar-refractivity contribution is 5.72. The molecule has 1 N–H and O–H groups in total. The largest absolute Gasteiger partial charge is 0.481 e. The van der Waals surface area contributed by atoms with Crippen LogP contribution in [0.1, 0.15) is 30.1 Å². The summed E-state index contributed by atoms with van der Waals surface area (Å²) < 4.78 is 0. The Balaban J connectivity index is 2.16. The number of rotatable bonds is 2. The minimum Gasteiger partial charge on any atom is -0.481 e. The molecule has 1 saturated carbocycles. The van der Waals surface area contributed by atoms with Crippen LogP contribution in [0.4, 0.5) is 0 Å². The van der Waals surface area contributed by atoms with E-state index in [2.05, 4.69) is 9.97 Å². The van der Waals surface area contributed by atoms with Gasteiger partial charge in [0.15, 0.2) is 0 Å². The van der Waals surface area contributed by atoms with Crippen LogP contribution in [0.3, 0.4) is 0 Å². The van der Waals surface area contributed by atoms with Crippen LogP contribution < -0.4 is 0 Å². The Bertz CT molecular complexity index is 348. The second kappa shape index (κ2) is 3.36. The summed E-state index contributed by atoms with van der Waals surface area (Å²) in [6, 6.07) is 0. The standard InChI is InChI=1S/C10H12N2O2/c1-6-4-11-9(12-5-6)7-2-3-8(7)10(13)14/h4-5,7-8H,2-3H2,1H3,(H,13,14). The summed E-state index contributed by atoms with van der Waals surface area (Å²) in [7, 11) is 0. The van der Waals surface area contributed by atoms with Crippen molar-refractivity contribution in [1.82, 2.24) is 9.97 Å². The van der Waals surface area contributed by atoms with E-state index in [0.29, 0.717) is 5.82 Å². The van der Waals surface area contributed by atoms with E-state index in [1.165, 1.54) is 0 Å². The summed E-state index contributed by atoms with van der Waals surface area (Å²) >= 11 is 0. The molecule has 2 atom stereocenters. The van der Waals surface area contributed by atoms with Crippen LogP contribution in [0.25, 0.3) is 0 Å². The number of aliphatic carboxylic acids is 1. The Kier molecular flexibility index (Phi) is 2.19. The molecule has 0 aromatic carbocycles. The van der Waals surface area contributed by atoms with Gasteiger partial charge >= 0.3 is 5.97 Å². The summed E-state index contributed by atoms with van der Waals surface area (Å²) in [5.41, 5.74) is 1.000. The summed E-state index contributed by atoms with van der Waals surface area (Å²) in [5, 5.41) is 8.86. The highest BCUT2D eigenvalue weighted by Gasteiger charge is 2.39. The van der Waals surface area contributed by atoms with Gasteiger partial charge in [0.1, 0.15) is 5.82 Å². The van der Waals surface area contributed by atoms with Gasteiger partial charge in [0, 0.05) is 18.3 Å². The van der Waals surface area contributed by atoms with Crippen LogP contribution in [0.5, 0.6) is 0 Å². The van der Waals surface area contributed by atoms with Gasteiger partial charge in [-0.05, 0) is 25.3 Å². The zero-order valence-electron chi connectivity index (χ0n) is 7.97. The van der Waals surface area contributed by atoms with Crippen LogP contribution in [0.15, 0.2) is 12.4 Å². The Morgan fingerprint density at radius 3 is 2.50 bits per heavy atom. The molecule has 1 aliphatic rings. The topological polar surface area (TPSA) is 63.1 Å². The molecule has 1 heterocycles. The lowest BCUT2D eigenvalue weighted by atomic mass is 9.73. The molecule has 4 heteroatoms. The molecule has 1 aliphatic carbocycles. The highest BCUT2D eigenvalue weighted by atomic mass is 16.4. The van der Waals surface area contributed by atoms with Crippen molar-refractivity contribution in [3.05, 3.63) is 23.8 Å². The van der Waals surface area contributed by atoms with E-state index in [9.17, 15) is 4.79 Å². The lowest BCUT2D eigenvalue weighted by Crippen LogP contribution is -2.32. The van der Waals surface area contributed by atoms with Crippen molar-refractivity contribution in [2.24, 2.45) is 5.92 Å². The molecule has 0 bridgehead atoms. The zero-order chi connectivity index (χ0) is 10.1. The van der Waals surface area contributed by atoms with Gasteiger partial charge in [-0.1, -0.05) is 0 Å². The zero-order valence-corrected chi connectivity index (χ0v) is 7.97. The normalized spacial score (nSPS) is 25.5. The van der Waals surface area contributed by atoms with Gasteiger partial charge in [-0.25, -0.2) is 9.97 Å². The summed E-state index contributed by atoms with van der Waals surface area (Å²) in [4.78, 5) is 19.1. The molecule has 74 valence electrons. The molecular weight excluding hydrogens is 180 g/mol. The number of hydrogen-bond donors (Lipinski definition) is 1. The van der Waals surface area contributed by atoms with E-state index in [4.69, 9.17) is 5.11 Å². The Morgan fingerprint density at radius 2 is 2.07 bits per heavy atom. The van der Waals surface area contributed by atoms with E-state index >= 15 is 0 Å². The highest BCUT2D eigenvalue weighted by Crippen LogP contribution is 2.40. The third-order valence-corrected chi connectivity index (χ3v) is 2.72. The number of carboxylic acids is 1. The molecule has 0 amide bonds. The number of nitrogens with zero attached hydrogens (tertiary/aromatic N) is 2. The molecule has 0 saturated heterocycles. The Hall–Kier alpha value is -1.45. The molecule has 2 unspecified atom stereocenters. The molecule has 0 radical (unpaired) electrons. The number of hydrogen-bond acceptors (Lipinski definition) is 3. The van der Waals surface area contributed by atoms with Crippen molar-refractivity contribution < 1.29 is 9.90 Å². The fourth-order valence-corrected chi connectivity index (χ4v) is 1.70. The fourth-order valence-electron chi connectivity index (χ4n) is 1.70. The quantitative estimate of drug-likeness (QED) is 0.768. The van der Waals surface area contributed by atoms with Crippen LogP contribution >= 0.6 is 0 Å². The van der Waals surface area contributed by atoms with Gasteiger partial charge < -0.3 is 5.11 Å². The second-order valence-electron chi connectivity index (χ2n) is 3.75. The third kappa shape index (κ3) is 1.47. The van der Waals surface area contributed by atoms with Crippen molar-refractivity contribution in [2.75, 3.05) is 0 Å². The molecule has 4 nitrogen and oxygen atoms in total. The number of carbonyl (C=O) groups is 1. The van der Waals surface area contributed by atoms with Crippen molar-refractivity contribution in [3.63, 3.8) is 0 Å². The van der Waals surface area contributed by atoms with Crippen LogP contribution in [0.2, 0.25) is 0 Å². The predicted octanol–water partition coefficient (Wildman–Crippen LogP) is 1.36. The fraction of sp³-hybridized carbons (Fsp3) is 0.500. The van der Waals surface area contributed by atoms with Crippen LogP contribution in [-0.4, -0.2) is 21.0 Å². The first-order valence-corrected chi connectivity index (χ1v) is 4.70. The van der Waals surface area contributed by atoms with Crippen molar-refractivity contribution in [3.8, 4) is 0 Å². The summed E-state index contributed by atoms with van der Waals surface area (Å²) in [6.45, 7) is 1.92. The van der Waals surface area contributed by atoms with Crippen LogP contribution in [-0.2, 0) is 4.79 Å². The van der Waals surface area contributed by atoms with Crippen molar-refractivity contribution in [2.45, 2.75) is 25.7 Å². The summed E-state index contributed by atoms with van der Waals surface area (Å²) in [6.07, 6.45) is 5.11. The maximum absolute atomic E-state index is 10.8. The first-order chi connectivity index (χ1) is 6.68. The number of aromatic nitrogens is 2. The van der Waals surface area contributed by atoms with E-state index in [-0.39, 0.29) is 11.8 Å². The maximum Gasteiger partial charge on any atom is 0.307 e. The number of carboxylic acid groups (broad SMARTS) is 1. The Labute approximate surface area is 82.0 Å². The molecule has 2 rings (SSSR count). The Morgan fingerprint density at radius 1 is 1.43 bits per heavy atom. The summed E-state index contributed by atoms with van der Waals surface area (Å²) in [5.74, 6) is -0.314. The molecule has 1 fully saturated rings. The minimum atomic E-state index is -0.731. The van der Waals surface area contributed by atoms with Gasteiger partial charge in [-0.15, -0.1) is 0 Å². The second-order valence-corrected chi connectivity index (χ2v) is 3.75. The van der Waals surface area contributed by atoms with Gasteiger partial charge in [0.2, 0.25) is 0 Å². The van der Waals surface area contributed by atoms with Gasteiger partial charge in [0.25, 0.3) is 0 Å². The molecule has 1 aromatic heterocycles. The molecule has 1 aromatic rings. The van der Waals surface area contributed by atoms with Crippen LogP contribution in [0, 0.1) is 12.8 Å². The lowest BCUT2D eigenvalue weighted by Gasteiger charge is -2.31. The van der Waals surface area contributed by atoms with Gasteiger partial charge in [0.05, 0.1) is 5.92 Å². The minimum absolute atomic E-state index is 0.0214. The molecule has 0 spiro atoms. The molecule has 14 heavy (non-hydrogen) atoms. The molecular formula is C10H12N2O2. The third-order valence-electron chi connectivity index (χ3n) is 2.72. The van der Waals surface area contributed by atoms with Crippen molar-refractivity contribution >= 4 is 5.97 Å². The average molecular weight is 192 g/mol. The smallest absolute Gasteiger partial charge is 0.307 e. The van der Waals surface area contributed by atoms with E-state index in [1.54, 1.807) is 12.4 Å². The predicted molar refractivity (Wildman–Crippen MR) is 49.9 cm³/mol. The van der Waals surface area contributed by atoms with Gasteiger partial charge in [-0.2, -0.15) is 0 Å². The van der Waals surface area contributed by atoms with E-state index < -0.39 is 5.97 Å². The number of aryl methyl sites for hydroxylation is 1. The SMILES string of the molecule is Cc1cnc(C2CCC2C(=O)O)nc1.